The minimum absolute atomic E-state index is 0.301. The van der Waals surface area contributed by atoms with Gasteiger partial charge in [-0.25, -0.2) is 4.79 Å². The fourth-order valence-corrected chi connectivity index (χ4v) is 2.26. The van der Waals surface area contributed by atoms with Crippen LogP contribution in [0.2, 0.25) is 0 Å². The Morgan fingerprint density at radius 2 is 2.17 bits per heavy atom. The molecule has 0 spiro atoms. The molecule has 0 radical (unpaired) electrons. The number of carbonyl (C=O) groups excluding carboxylic acids is 1. The first kappa shape index (κ1) is 12.9. The summed E-state index contributed by atoms with van der Waals surface area (Å²) in [6.07, 6.45) is 4.82. The number of carbonyl (C=O) groups is 1. The van der Waals surface area contributed by atoms with Crippen LogP contribution in [0, 0.1) is 0 Å². The van der Waals surface area contributed by atoms with E-state index in [0.29, 0.717) is 5.69 Å². The van der Waals surface area contributed by atoms with E-state index in [1.807, 2.05) is 6.92 Å². The minimum atomic E-state index is -0.870. The molecule has 1 fully saturated rings. The molecule has 1 atom stereocenters. The summed E-state index contributed by atoms with van der Waals surface area (Å²) in [6.45, 7) is 5.11. The van der Waals surface area contributed by atoms with Crippen LogP contribution < -0.4 is 5.32 Å². The van der Waals surface area contributed by atoms with Gasteiger partial charge in [-0.15, -0.1) is 0 Å². The van der Waals surface area contributed by atoms with E-state index >= 15 is 0 Å². The van der Waals surface area contributed by atoms with Crippen LogP contribution in [-0.4, -0.2) is 54.1 Å². The van der Waals surface area contributed by atoms with Gasteiger partial charge in [0.05, 0.1) is 19.0 Å². The molecule has 6 nitrogen and oxygen atoms in total. The van der Waals surface area contributed by atoms with Crippen molar-refractivity contribution in [2.24, 2.45) is 0 Å². The predicted octanol–water partition coefficient (Wildman–Crippen LogP) is -0.230. The molecular formula is C12H18N4O2. The Balaban J connectivity index is 2.36. The lowest BCUT2D eigenvalue weighted by molar-refractivity contribution is -0.156. The lowest BCUT2D eigenvalue weighted by atomic mass is 9.94. The van der Waals surface area contributed by atoms with Gasteiger partial charge in [0.25, 0.3) is 0 Å². The van der Waals surface area contributed by atoms with Gasteiger partial charge >= 0.3 is 5.97 Å². The molecule has 0 bridgehead atoms. The van der Waals surface area contributed by atoms with Gasteiger partial charge in [-0.05, 0) is 6.92 Å². The zero-order chi connectivity index (χ0) is 13.0. The number of methoxy groups -OCH3 is 1. The summed E-state index contributed by atoms with van der Waals surface area (Å²) in [5.74, 6) is -0.301. The summed E-state index contributed by atoms with van der Waals surface area (Å²) < 4.78 is 4.95. The van der Waals surface area contributed by atoms with Crippen LogP contribution in [0.4, 0.5) is 0 Å². The van der Waals surface area contributed by atoms with E-state index in [1.165, 1.54) is 7.11 Å². The molecule has 1 aromatic heterocycles. The summed E-state index contributed by atoms with van der Waals surface area (Å²) in [4.78, 5) is 22.6. The number of rotatable bonds is 3. The van der Waals surface area contributed by atoms with Gasteiger partial charge in [-0.3, -0.25) is 14.9 Å². The number of nitrogens with one attached hydrogen (secondary N) is 1. The minimum Gasteiger partial charge on any atom is -0.467 e. The van der Waals surface area contributed by atoms with Crippen LogP contribution >= 0.6 is 0 Å². The number of piperazine rings is 1. The molecule has 1 saturated heterocycles. The second-order valence-electron chi connectivity index (χ2n) is 4.39. The van der Waals surface area contributed by atoms with Crippen molar-refractivity contribution in [1.82, 2.24) is 20.2 Å². The Morgan fingerprint density at radius 3 is 2.72 bits per heavy atom. The second-order valence-corrected chi connectivity index (χ2v) is 4.39. The van der Waals surface area contributed by atoms with Crippen LogP contribution in [0.3, 0.4) is 0 Å². The summed E-state index contributed by atoms with van der Waals surface area (Å²) in [5, 5.41) is 3.27. The summed E-state index contributed by atoms with van der Waals surface area (Å²) >= 11 is 0. The third-order valence-corrected chi connectivity index (χ3v) is 3.39. The number of esters is 1. The van der Waals surface area contributed by atoms with Crippen LogP contribution in [0.1, 0.15) is 12.6 Å². The molecule has 0 aliphatic carbocycles. The van der Waals surface area contributed by atoms with Crippen molar-refractivity contribution >= 4 is 5.97 Å². The molecule has 2 heterocycles. The van der Waals surface area contributed by atoms with Crippen molar-refractivity contribution in [3.8, 4) is 0 Å². The molecule has 1 N–H and O–H groups in total. The molecule has 2 rings (SSSR count). The highest BCUT2D eigenvalue weighted by molar-refractivity contribution is 5.81. The highest BCUT2D eigenvalue weighted by atomic mass is 16.5. The number of aromatic nitrogens is 2. The molecular weight excluding hydrogens is 232 g/mol. The molecule has 1 unspecified atom stereocenters. The monoisotopic (exact) mass is 250 g/mol. The Bertz CT molecular complexity index is 406. The van der Waals surface area contributed by atoms with Gasteiger partial charge in [0, 0.05) is 38.6 Å². The highest BCUT2D eigenvalue weighted by Gasteiger charge is 2.44. The van der Waals surface area contributed by atoms with Crippen molar-refractivity contribution in [3.63, 3.8) is 0 Å². The Morgan fingerprint density at radius 1 is 1.44 bits per heavy atom. The zero-order valence-electron chi connectivity index (χ0n) is 10.7. The van der Waals surface area contributed by atoms with Crippen molar-refractivity contribution < 1.29 is 9.53 Å². The number of nitrogens with zero attached hydrogens (tertiary/aromatic N) is 3. The maximum atomic E-state index is 12.2. The molecule has 1 aliphatic rings. The number of hydrogen-bond acceptors (Lipinski definition) is 6. The molecule has 6 heteroatoms. The first-order chi connectivity index (χ1) is 8.69. The van der Waals surface area contributed by atoms with Crippen molar-refractivity contribution in [2.75, 3.05) is 33.3 Å². The number of ether oxygens (including phenoxy) is 1. The first-order valence-corrected chi connectivity index (χ1v) is 6.00. The highest BCUT2D eigenvalue weighted by Crippen LogP contribution is 2.28. The number of hydrogen-bond donors (Lipinski definition) is 1. The third kappa shape index (κ3) is 2.21. The van der Waals surface area contributed by atoms with Crippen LogP contribution in [0.15, 0.2) is 18.6 Å². The molecule has 1 aliphatic heterocycles. The third-order valence-electron chi connectivity index (χ3n) is 3.39. The maximum Gasteiger partial charge on any atom is 0.332 e. The van der Waals surface area contributed by atoms with E-state index in [0.717, 1.165) is 26.2 Å². The second kappa shape index (κ2) is 5.41. The zero-order valence-corrected chi connectivity index (χ0v) is 10.7. The fourth-order valence-electron chi connectivity index (χ4n) is 2.26. The van der Waals surface area contributed by atoms with E-state index in [9.17, 15) is 4.79 Å². The fraction of sp³-hybridized carbons (Fsp3) is 0.583. The van der Waals surface area contributed by atoms with Gasteiger partial charge in [0.1, 0.15) is 0 Å². The average Bonchev–Trinajstić information content (AvgIpc) is 2.47. The standard InChI is InChI=1S/C12H18N4O2/c1-12(11(17)18-2,10-9-14-3-4-15-10)16-7-5-13-6-8-16/h3-4,9,13H,5-8H2,1-2H3. The summed E-state index contributed by atoms with van der Waals surface area (Å²) in [7, 11) is 1.40. The Kier molecular flexibility index (Phi) is 3.88. The summed E-state index contributed by atoms with van der Waals surface area (Å²) in [5.41, 5.74) is -0.246. The van der Waals surface area contributed by atoms with Gasteiger partial charge in [0.2, 0.25) is 0 Å². The van der Waals surface area contributed by atoms with E-state index in [-0.39, 0.29) is 5.97 Å². The van der Waals surface area contributed by atoms with Gasteiger partial charge in [-0.1, -0.05) is 0 Å². The van der Waals surface area contributed by atoms with Crippen molar-refractivity contribution in [2.45, 2.75) is 12.5 Å². The normalized spacial score (nSPS) is 20.1. The molecule has 1 aromatic rings. The average molecular weight is 250 g/mol. The van der Waals surface area contributed by atoms with E-state index in [1.54, 1.807) is 18.6 Å². The topological polar surface area (TPSA) is 67.3 Å². The van der Waals surface area contributed by atoms with Crippen molar-refractivity contribution in [1.29, 1.82) is 0 Å². The molecule has 0 aromatic carbocycles. The van der Waals surface area contributed by atoms with E-state index in [4.69, 9.17) is 4.74 Å². The molecule has 98 valence electrons. The van der Waals surface area contributed by atoms with Gasteiger partial charge in [0.15, 0.2) is 5.54 Å². The quantitative estimate of drug-likeness (QED) is 0.747. The molecule has 0 amide bonds. The maximum absolute atomic E-state index is 12.2. The predicted molar refractivity (Wildman–Crippen MR) is 65.8 cm³/mol. The van der Waals surface area contributed by atoms with Gasteiger partial charge < -0.3 is 10.1 Å². The Hall–Kier alpha value is -1.53. The lowest BCUT2D eigenvalue weighted by Gasteiger charge is -2.40. The SMILES string of the molecule is COC(=O)C(C)(c1cnccn1)N1CCNCC1. The Labute approximate surface area is 106 Å². The lowest BCUT2D eigenvalue weighted by Crippen LogP contribution is -2.57. The van der Waals surface area contributed by atoms with E-state index in [2.05, 4.69) is 20.2 Å². The van der Waals surface area contributed by atoms with Crippen molar-refractivity contribution in [3.05, 3.63) is 24.3 Å². The van der Waals surface area contributed by atoms with Crippen LogP contribution in [0.25, 0.3) is 0 Å². The van der Waals surface area contributed by atoms with Crippen LogP contribution in [-0.2, 0) is 15.1 Å². The van der Waals surface area contributed by atoms with Gasteiger partial charge in [-0.2, -0.15) is 0 Å². The smallest absolute Gasteiger partial charge is 0.332 e. The molecule has 18 heavy (non-hydrogen) atoms. The van der Waals surface area contributed by atoms with E-state index < -0.39 is 5.54 Å². The largest absolute Gasteiger partial charge is 0.467 e. The summed E-state index contributed by atoms with van der Waals surface area (Å²) in [6, 6.07) is 0. The van der Waals surface area contributed by atoms with Crippen LogP contribution in [0.5, 0.6) is 0 Å². The first-order valence-electron chi connectivity index (χ1n) is 6.00. The molecule has 0 saturated carbocycles.